The Hall–Kier alpha value is -1.49. The van der Waals surface area contributed by atoms with E-state index in [0.717, 1.165) is 10.7 Å². The van der Waals surface area contributed by atoms with Crippen molar-refractivity contribution in [2.45, 2.75) is 5.37 Å². The summed E-state index contributed by atoms with van der Waals surface area (Å²) in [5.74, 6) is 0. The normalized spacial score (nSPS) is 23.4. The van der Waals surface area contributed by atoms with Crippen LogP contribution in [0.15, 0.2) is 35.3 Å². The van der Waals surface area contributed by atoms with Crippen molar-refractivity contribution in [2.75, 3.05) is 21.1 Å². The zero-order valence-corrected chi connectivity index (χ0v) is 10.9. The minimum atomic E-state index is -0.0294. The van der Waals surface area contributed by atoms with E-state index >= 15 is 0 Å². The van der Waals surface area contributed by atoms with E-state index in [9.17, 15) is 4.79 Å². The third kappa shape index (κ3) is 2.15. The first-order chi connectivity index (χ1) is 8.15. The van der Waals surface area contributed by atoms with E-state index in [1.165, 1.54) is 0 Å². The molecule has 2 rings (SSSR count). The molecular weight excluding hydrogens is 234 g/mol. The lowest BCUT2D eigenvalue weighted by molar-refractivity contribution is 0.187. The number of urea groups is 1. The molecule has 1 aliphatic rings. The molecule has 1 atom stereocenters. The van der Waals surface area contributed by atoms with Crippen molar-refractivity contribution in [3.8, 4) is 0 Å². The molecule has 0 saturated carbocycles. The van der Waals surface area contributed by atoms with Gasteiger partial charge in [0, 0.05) is 21.1 Å². The summed E-state index contributed by atoms with van der Waals surface area (Å²) in [6, 6.07) is 9.96. The first-order valence-electron chi connectivity index (χ1n) is 5.34. The summed E-state index contributed by atoms with van der Waals surface area (Å²) in [4.78, 5) is 19.5. The van der Waals surface area contributed by atoms with Crippen LogP contribution in [-0.4, -0.2) is 42.1 Å². The molecule has 0 radical (unpaired) electrons. The molecule has 1 saturated heterocycles. The Morgan fingerprint density at radius 3 is 2.47 bits per heavy atom. The highest BCUT2D eigenvalue weighted by Crippen LogP contribution is 2.37. The first-order valence-corrected chi connectivity index (χ1v) is 6.22. The van der Waals surface area contributed by atoms with Gasteiger partial charge in [-0.2, -0.15) is 0 Å². The molecule has 1 unspecified atom stereocenters. The summed E-state index contributed by atoms with van der Waals surface area (Å²) >= 11 is 1.59. The Morgan fingerprint density at radius 2 is 1.88 bits per heavy atom. The Bertz CT molecular complexity index is 446. The summed E-state index contributed by atoms with van der Waals surface area (Å²) in [5, 5.41) is 0.751. The lowest BCUT2D eigenvalue weighted by Crippen LogP contribution is -2.47. The fraction of sp³-hybridized carbons (Fsp3) is 0.333. The summed E-state index contributed by atoms with van der Waals surface area (Å²) in [6.45, 7) is 0. The average molecular weight is 249 g/mol. The number of carbonyl (C=O) groups excluding carboxylic acids is 1. The lowest BCUT2D eigenvalue weighted by Gasteiger charge is -2.37. The van der Waals surface area contributed by atoms with Crippen LogP contribution in [0.25, 0.3) is 0 Å². The molecule has 0 aromatic heterocycles. The number of nitrogens with zero attached hydrogens (tertiary/aromatic N) is 3. The molecule has 2 amide bonds. The average Bonchev–Trinajstić information content (AvgIpc) is 2.37. The number of hydrogen-bond acceptors (Lipinski definition) is 3. The van der Waals surface area contributed by atoms with Crippen molar-refractivity contribution in [2.24, 2.45) is 4.99 Å². The second-order valence-corrected chi connectivity index (χ2v) is 4.89. The van der Waals surface area contributed by atoms with E-state index in [1.54, 1.807) is 35.7 Å². The van der Waals surface area contributed by atoms with Crippen LogP contribution < -0.4 is 0 Å². The molecule has 17 heavy (non-hydrogen) atoms. The number of amidine groups is 1. The molecule has 1 aromatic carbocycles. The molecular formula is C12H15N3OS. The van der Waals surface area contributed by atoms with Crippen LogP contribution >= 0.6 is 11.8 Å². The van der Waals surface area contributed by atoms with E-state index in [2.05, 4.69) is 4.99 Å². The molecule has 0 spiro atoms. The summed E-state index contributed by atoms with van der Waals surface area (Å²) in [5.41, 5.74) is 1.11. The first kappa shape index (κ1) is 12.0. The summed E-state index contributed by atoms with van der Waals surface area (Å²) in [7, 11) is 5.27. The van der Waals surface area contributed by atoms with Crippen molar-refractivity contribution in [1.82, 2.24) is 9.80 Å². The van der Waals surface area contributed by atoms with Gasteiger partial charge in [-0.3, -0.25) is 9.89 Å². The number of aliphatic imine (C=N–C) groups is 1. The number of hydrogen-bond donors (Lipinski definition) is 0. The van der Waals surface area contributed by atoms with Crippen LogP contribution in [0.2, 0.25) is 0 Å². The van der Waals surface area contributed by atoms with Crippen molar-refractivity contribution >= 4 is 23.0 Å². The number of rotatable bonds is 1. The van der Waals surface area contributed by atoms with Crippen LogP contribution in [0.1, 0.15) is 10.9 Å². The SMILES string of the molecule is CN=C1SC(c2ccccc2)N(C)C(=O)N1C. The van der Waals surface area contributed by atoms with Gasteiger partial charge in [-0.25, -0.2) is 4.79 Å². The maximum absolute atomic E-state index is 12.0. The quantitative estimate of drug-likeness (QED) is 0.766. The fourth-order valence-electron chi connectivity index (χ4n) is 1.79. The lowest BCUT2D eigenvalue weighted by atomic mass is 10.2. The van der Waals surface area contributed by atoms with E-state index in [-0.39, 0.29) is 11.4 Å². The van der Waals surface area contributed by atoms with Gasteiger partial charge in [-0.15, -0.1) is 0 Å². The summed E-state index contributed by atoms with van der Waals surface area (Å²) in [6.07, 6.45) is 0. The van der Waals surface area contributed by atoms with Gasteiger partial charge in [0.15, 0.2) is 5.17 Å². The van der Waals surface area contributed by atoms with Gasteiger partial charge in [-0.1, -0.05) is 42.1 Å². The summed E-state index contributed by atoms with van der Waals surface area (Å²) < 4.78 is 0. The van der Waals surface area contributed by atoms with Gasteiger partial charge in [0.05, 0.1) is 0 Å². The standard InChI is InChI=1S/C12H15N3OS/c1-13-11-15(3)12(16)14(2)10(17-11)9-7-5-4-6-8-9/h4-8,10H,1-3H3. The molecule has 1 aliphatic heterocycles. The zero-order chi connectivity index (χ0) is 12.4. The van der Waals surface area contributed by atoms with E-state index in [0.29, 0.717) is 0 Å². The van der Waals surface area contributed by atoms with E-state index < -0.39 is 0 Å². The Morgan fingerprint density at radius 1 is 1.24 bits per heavy atom. The van der Waals surface area contributed by atoms with E-state index in [4.69, 9.17) is 0 Å². The predicted octanol–water partition coefficient (Wildman–Crippen LogP) is 2.40. The van der Waals surface area contributed by atoms with Gasteiger partial charge < -0.3 is 4.90 Å². The highest BCUT2D eigenvalue weighted by molar-refractivity contribution is 8.14. The zero-order valence-electron chi connectivity index (χ0n) is 10.1. The van der Waals surface area contributed by atoms with Crippen molar-refractivity contribution in [3.05, 3.63) is 35.9 Å². The van der Waals surface area contributed by atoms with Gasteiger partial charge in [0.1, 0.15) is 5.37 Å². The smallest absolute Gasteiger partial charge is 0.311 e. The van der Waals surface area contributed by atoms with Crippen molar-refractivity contribution < 1.29 is 4.79 Å². The molecule has 90 valence electrons. The molecule has 1 heterocycles. The maximum atomic E-state index is 12.0. The second-order valence-electron chi connectivity index (χ2n) is 3.84. The molecule has 0 bridgehead atoms. The van der Waals surface area contributed by atoms with Gasteiger partial charge in [0.25, 0.3) is 0 Å². The van der Waals surface area contributed by atoms with Crippen molar-refractivity contribution in [3.63, 3.8) is 0 Å². The van der Waals surface area contributed by atoms with Crippen LogP contribution in [0.3, 0.4) is 0 Å². The topological polar surface area (TPSA) is 35.9 Å². The Labute approximate surface area is 105 Å². The molecule has 1 fully saturated rings. The van der Waals surface area contributed by atoms with Crippen LogP contribution in [0.4, 0.5) is 4.79 Å². The largest absolute Gasteiger partial charge is 0.326 e. The third-order valence-corrected chi connectivity index (χ3v) is 4.20. The highest BCUT2D eigenvalue weighted by Gasteiger charge is 2.34. The van der Waals surface area contributed by atoms with Crippen LogP contribution in [0.5, 0.6) is 0 Å². The Balaban J connectivity index is 2.33. The number of benzene rings is 1. The van der Waals surface area contributed by atoms with Gasteiger partial charge >= 0.3 is 6.03 Å². The maximum Gasteiger partial charge on any atom is 0.326 e. The number of carbonyl (C=O) groups is 1. The molecule has 0 N–H and O–H groups in total. The van der Waals surface area contributed by atoms with Gasteiger partial charge in [0.2, 0.25) is 0 Å². The minimum Gasteiger partial charge on any atom is -0.311 e. The number of thioether (sulfide) groups is 1. The number of amides is 2. The third-order valence-electron chi connectivity index (χ3n) is 2.72. The van der Waals surface area contributed by atoms with Crippen LogP contribution in [-0.2, 0) is 0 Å². The van der Waals surface area contributed by atoms with E-state index in [1.807, 2.05) is 37.4 Å². The van der Waals surface area contributed by atoms with Gasteiger partial charge in [-0.05, 0) is 5.56 Å². The molecule has 5 heteroatoms. The molecule has 4 nitrogen and oxygen atoms in total. The monoisotopic (exact) mass is 249 g/mol. The van der Waals surface area contributed by atoms with Crippen molar-refractivity contribution in [1.29, 1.82) is 0 Å². The minimum absolute atomic E-state index is 0.00130. The molecule has 1 aromatic rings. The molecule has 0 aliphatic carbocycles. The highest BCUT2D eigenvalue weighted by atomic mass is 32.2. The second kappa shape index (κ2) is 4.79. The van der Waals surface area contributed by atoms with Crippen LogP contribution in [0, 0.1) is 0 Å². The predicted molar refractivity (Wildman–Crippen MR) is 71.1 cm³/mol. The fourth-order valence-corrected chi connectivity index (χ4v) is 2.87. The Kier molecular flexibility index (Phi) is 3.38.